The predicted molar refractivity (Wildman–Crippen MR) is 66.0 cm³/mol. The quantitative estimate of drug-likeness (QED) is 0.660. The number of benzene rings is 1. The molecular formula is C10H14N2O4S. The third-order valence-electron chi connectivity index (χ3n) is 2.09. The Morgan fingerprint density at radius 2 is 2.12 bits per heavy atom. The highest BCUT2D eigenvalue weighted by Gasteiger charge is 2.08. The molecule has 0 saturated heterocycles. The summed E-state index contributed by atoms with van der Waals surface area (Å²) in [6.07, 6.45) is 1.14. The van der Waals surface area contributed by atoms with Crippen molar-refractivity contribution in [2.45, 2.75) is 0 Å². The number of nitrogens with one attached hydrogen (secondary N) is 1. The molecule has 0 unspecified atom stereocenters. The van der Waals surface area contributed by atoms with Gasteiger partial charge in [-0.15, -0.1) is 0 Å². The highest BCUT2D eigenvalue weighted by molar-refractivity contribution is 7.90. The molecule has 0 aliphatic rings. The molecule has 0 saturated carbocycles. The van der Waals surface area contributed by atoms with Crippen molar-refractivity contribution in [3.8, 4) is 0 Å². The van der Waals surface area contributed by atoms with Crippen molar-refractivity contribution in [1.82, 2.24) is 0 Å². The number of nitrogens with two attached hydrogens (primary N) is 1. The first-order valence-electron chi connectivity index (χ1n) is 4.84. The van der Waals surface area contributed by atoms with Crippen LogP contribution >= 0.6 is 0 Å². The van der Waals surface area contributed by atoms with Gasteiger partial charge in [-0.2, -0.15) is 0 Å². The van der Waals surface area contributed by atoms with Gasteiger partial charge in [0.1, 0.15) is 9.84 Å². The van der Waals surface area contributed by atoms with E-state index >= 15 is 0 Å². The molecule has 6 nitrogen and oxygen atoms in total. The first-order chi connectivity index (χ1) is 7.79. The Kier molecular flexibility index (Phi) is 3.95. The SMILES string of the molecule is CS(=O)(=O)CCNc1ccc(N)c(C(=O)O)c1. The maximum absolute atomic E-state index is 10.9. The number of aromatic carboxylic acids is 1. The average molecular weight is 258 g/mol. The van der Waals surface area contributed by atoms with Gasteiger partial charge in [0.05, 0.1) is 11.3 Å². The maximum Gasteiger partial charge on any atom is 0.337 e. The van der Waals surface area contributed by atoms with Gasteiger partial charge < -0.3 is 16.2 Å². The summed E-state index contributed by atoms with van der Waals surface area (Å²) in [6.45, 7) is 0.224. The van der Waals surface area contributed by atoms with E-state index in [4.69, 9.17) is 10.8 Å². The zero-order valence-corrected chi connectivity index (χ0v) is 10.1. The van der Waals surface area contributed by atoms with E-state index in [9.17, 15) is 13.2 Å². The van der Waals surface area contributed by atoms with Gasteiger partial charge in [-0.3, -0.25) is 0 Å². The summed E-state index contributed by atoms with van der Waals surface area (Å²) in [6, 6.07) is 4.44. The van der Waals surface area contributed by atoms with Crippen LogP contribution in [0, 0.1) is 0 Å². The summed E-state index contributed by atoms with van der Waals surface area (Å²) < 4.78 is 21.8. The second kappa shape index (κ2) is 5.05. The van der Waals surface area contributed by atoms with Crippen LogP contribution in [-0.2, 0) is 9.84 Å². The van der Waals surface area contributed by atoms with Gasteiger partial charge >= 0.3 is 5.97 Å². The highest BCUT2D eigenvalue weighted by Crippen LogP contribution is 2.17. The fraction of sp³-hybridized carbons (Fsp3) is 0.300. The van der Waals surface area contributed by atoms with Gasteiger partial charge in [-0.25, -0.2) is 13.2 Å². The van der Waals surface area contributed by atoms with Crippen LogP contribution in [0.4, 0.5) is 11.4 Å². The number of sulfone groups is 1. The van der Waals surface area contributed by atoms with E-state index in [1.165, 1.54) is 12.1 Å². The van der Waals surface area contributed by atoms with Crippen molar-refractivity contribution in [2.24, 2.45) is 0 Å². The molecule has 0 heterocycles. The van der Waals surface area contributed by atoms with Gasteiger partial charge in [-0.1, -0.05) is 0 Å². The molecule has 0 fully saturated rings. The van der Waals surface area contributed by atoms with Crippen molar-refractivity contribution in [3.63, 3.8) is 0 Å². The van der Waals surface area contributed by atoms with Crippen molar-refractivity contribution < 1.29 is 18.3 Å². The zero-order chi connectivity index (χ0) is 13.1. The lowest BCUT2D eigenvalue weighted by atomic mass is 10.1. The molecule has 0 aromatic heterocycles. The number of hydrogen-bond acceptors (Lipinski definition) is 5. The lowest BCUT2D eigenvalue weighted by Crippen LogP contribution is -2.14. The average Bonchev–Trinajstić information content (AvgIpc) is 2.18. The first kappa shape index (κ1) is 13.3. The third kappa shape index (κ3) is 4.31. The van der Waals surface area contributed by atoms with E-state index in [0.29, 0.717) is 5.69 Å². The van der Waals surface area contributed by atoms with Crippen molar-refractivity contribution in [3.05, 3.63) is 23.8 Å². The Morgan fingerprint density at radius 3 is 2.65 bits per heavy atom. The first-order valence-corrected chi connectivity index (χ1v) is 6.90. The number of hydrogen-bond donors (Lipinski definition) is 3. The minimum Gasteiger partial charge on any atom is -0.478 e. The third-order valence-corrected chi connectivity index (χ3v) is 3.03. The van der Waals surface area contributed by atoms with Crippen LogP contribution in [-0.4, -0.2) is 38.0 Å². The Balaban J connectivity index is 2.73. The second-order valence-corrected chi connectivity index (χ2v) is 5.92. The summed E-state index contributed by atoms with van der Waals surface area (Å²) >= 11 is 0. The van der Waals surface area contributed by atoms with Crippen LogP contribution in [0.2, 0.25) is 0 Å². The van der Waals surface area contributed by atoms with E-state index in [2.05, 4.69) is 5.32 Å². The van der Waals surface area contributed by atoms with Gasteiger partial charge in [0.2, 0.25) is 0 Å². The van der Waals surface area contributed by atoms with E-state index < -0.39 is 15.8 Å². The topological polar surface area (TPSA) is 109 Å². The molecule has 0 aliphatic carbocycles. The molecule has 94 valence electrons. The van der Waals surface area contributed by atoms with Gasteiger partial charge in [0, 0.05) is 24.2 Å². The van der Waals surface area contributed by atoms with Crippen molar-refractivity contribution >= 4 is 27.2 Å². The normalized spacial score (nSPS) is 11.1. The number of nitrogen functional groups attached to an aromatic ring is 1. The van der Waals surface area contributed by atoms with Crippen LogP contribution < -0.4 is 11.1 Å². The number of rotatable bonds is 5. The van der Waals surface area contributed by atoms with Crippen molar-refractivity contribution in [2.75, 3.05) is 29.6 Å². The summed E-state index contributed by atoms with van der Waals surface area (Å²) in [7, 11) is -3.03. The van der Waals surface area contributed by atoms with E-state index in [-0.39, 0.29) is 23.5 Å². The Labute approximate surface area is 99.4 Å². The standard InChI is InChI=1S/C10H14N2O4S/c1-17(15,16)5-4-12-7-2-3-9(11)8(6-7)10(13)14/h2-3,6,12H,4-5,11H2,1H3,(H,13,14). The van der Waals surface area contributed by atoms with Crippen LogP contribution in [0.3, 0.4) is 0 Å². The van der Waals surface area contributed by atoms with E-state index in [1.54, 1.807) is 6.07 Å². The molecule has 17 heavy (non-hydrogen) atoms. The number of carboxylic acids is 1. The summed E-state index contributed by atoms with van der Waals surface area (Å²) in [5, 5.41) is 11.7. The predicted octanol–water partition coefficient (Wildman–Crippen LogP) is 0.423. The Morgan fingerprint density at radius 1 is 1.47 bits per heavy atom. The molecule has 0 atom stereocenters. The Hall–Kier alpha value is -1.76. The summed E-state index contributed by atoms with van der Waals surface area (Å²) in [4.78, 5) is 10.8. The molecule has 1 aromatic rings. The lowest BCUT2D eigenvalue weighted by Gasteiger charge is -2.08. The highest BCUT2D eigenvalue weighted by atomic mass is 32.2. The van der Waals surface area contributed by atoms with Crippen LogP contribution in [0.1, 0.15) is 10.4 Å². The van der Waals surface area contributed by atoms with Crippen molar-refractivity contribution in [1.29, 1.82) is 0 Å². The monoisotopic (exact) mass is 258 g/mol. The molecule has 1 aromatic carbocycles. The van der Waals surface area contributed by atoms with Gasteiger partial charge in [0.15, 0.2) is 0 Å². The smallest absolute Gasteiger partial charge is 0.337 e. The fourth-order valence-corrected chi connectivity index (χ4v) is 1.71. The number of carboxylic acid groups (broad SMARTS) is 1. The zero-order valence-electron chi connectivity index (χ0n) is 9.30. The van der Waals surface area contributed by atoms with Crippen LogP contribution in [0.5, 0.6) is 0 Å². The molecular weight excluding hydrogens is 244 g/mol. The van der Waals surface area contributed by atoms with E-state index in [0.717, 1.165) is 6.26 Å². The Bertz CT molecular complexity index is 525. The molecule has 0 bridgehead atoms. The number of anilines is 2. The van der Waals surface area contributed by atoms with Crippen LogP contribution in [0.15, 0.2) is 18.2 Å². The second-order valence-electron chi connectivity index (χ2n) is 3.66. The molecule has 7 heteroatoms. The summed E-state index contributed by atoms with van der Waals surface area (Å²) in [5.74, 6) is -1.13. The van der Waals surface area contributed by atoms with E-state index in [1.807, 2.05) is 0 Å². The molecule has 0 radical (unpaired) electrons. The molecule has 0 aliphatic heterocycles. The minimum absolute atomic E-state index is 0.00523. The summed E-state index contributed by atoms with van der Waals surface area (Å²) in [5.41, 5.74) is 6.18. The van der Waals surface area contributed by atoms with Gasteiger partial charge in [0.25, 0.3) is 0 Å². The lowest BCUT2D eigenvalue weighted by molar-refractivity contribution is 0.0698. The molecule has 0 amide bonds. The maximum atomic E-state index is 10.9. The fourth-order valence-electron chi connectivity index (χ4n) is 1.23. The number of carbonyl (C=O) groups is 1. The molecule has 0 spiro atoms. The molecule has 1 rings (SSSR count). The van der Waals surface area contributed by atoms with Crippen LogP contribution in [0.25, 0.3) is 0 Å². The molecule has 4 N–H and O–H groups in total. The van der Waals surface area contributed by atoms with Gasteiger partial charge in [-0.05, 0) is 18.2 Å². The minimum atomic E-state index is -3.03. The largest absolute Gasteiger partial charge is 0.478 e.